The molecule has 0 spiro atoms. The molecule has 1 aromatic carbocycles. The average Bonchev–Trinajstić information content (AvgIpc) is 2.93. The molecule has 0 saturated heterocycles. The summed E-state index contributed by atoms with van der Waals surface area (Å²) >= 11 is 0. The largest absolute Gasteiger partial charge is 0.373 e. The van der Waals surface area contributed by atoms with E-state index in [9.17, 15) is 4.79 Å². The molecule has 1 atom stereocenters. The molecule has 0 saturated carbocycles. The Morgan fingerprint density at radius 3 is 3.00 bits per heavy atom. The lowest BCUT2D eigenvalue weighted by Crippen LogP contribution is -2.27. The van der Waals surface area contributed by atoms with Gasteiger partial charge in [0.1, 0.15) is 5.76 Å². The highest BCUT2D eigenvalue weighted by molar-refractivity contribution is 5.78. The van der Waals surface area contributed by atoms with Crippen molar-refractivity contribution >= 4 is 5.91 Å². The highest BCUT2D eigenvalue weighted by atomic mass is 16.5. The fourth-order valence-electron chi connectivity index (χ4n) is 3.39. The monoisotopic (exact) mass is 342 g/mol. The molecule has 3 rings (SSSR count). The second kappa shape index (κ2) is 8.30. The lowest BCUT2D eigenvalue weighted by atomic mass is 9.89. The third-order valence-electron chi connectivity index (χ3n) is 4.80. The summed E-state index contributed by atoms with van der Waals surface area (Å²) in [5.74, 6) is 0.712. The summed E-state index contributed by atoms with van der Waals surface area (Å²) in [6.07, 6.45) is 4.73. The van der Waals surface area contributed by atoms with Crippen LogP contribution in [0.5, 0.6) is 0 Å². The summed E-state index contributed by atoms with van der Waals surface area (Å²) in [7, 11) is 0. The van der Waals surface area contributed by atoms with Crippen LogP contribution in [-0.4, -0.2) is 24.2 Å². The number of amides is 1. The number of carbonyl (C=O) groups is 1. The smallest absolute Gasteiger partial charge is 0.224 e. The van der Waals surface area contributed by atoms with Crippen LogP contribution in [-0.2, 0) is 22.4 Å². The van der Waals surface area contributed by atoms with Gasteiger partial charge in [0.15, 0.2) is 0 Å². The van der Waals surface area contributed by atoms with Gasteiger partial charge in [-0.2, -0.15) is 0 Å². The number of fused-ring (bicyclic) bond motifs is 1. The average molecular weight is 342 g/mol. The molecule has 1 aliphatic rings. The van der Waals surface area contributed by atoms with Gasteiger partial charge in [-0.05, 0) is 50.7 Å². The van der Waals surface area contributed by atoms with E-state index in [2.05, 4.69) is 34.7 Å². The van der Waals surface area contributed by atoms with E-state index in [4.69, 9.17) is 9.26 Å². The SMILES string of the molecule is Cc1noc(C)c1CC(=O)NCCCO[C@@H]1CCCc2ccccc21. The Bertz CT molecular complexity index is 704. The van der Waals surface area contributed by atoms with Gasteiger partial charge in [0.25, 0.3) is 0 Å². The van der Waals surface area contributed by atoms with E-state index in [0.717, 1.165) is 30.5 Å². The molecule has 0 aliphatic heterocycles. The number of aryl methyl sites for hydroxylation is 3. The first-order valence-electron chi connectivity index (χ1n) is 9.03. The number of hydrogen-bond acceptors (Lipinski definition) is 4. The van der Waals surface area contributed by atoms with Crippen LogP contribution in [0, 0.1) is 13.8 Å². The van der Waals surface area contributed by atoms with Crippen LogP contribution in [0.2, 0.25) is 0 Å². The van der Waals surface area contributed by atoms with E-state index < -0.39 is 0 Å². The zero-order chi connectivity index (χ0) is 17.6. The number of ether oxygens (including phenoxy) is 1. The zero-order valence-electron chi connectivity index (χ0n) is 15.0. The molecular formula is C20H26N2O3. The highest BCUT2D eigenvalue weighted by Gasteiger charge is 2.20. The predicted molar refractivity (Wildman–Crippen MR) is 95.4 cm³/mol. The van der Waals surface area contributed by atoms with E-state index >= 15 is 0 Å². The third-order valence-corrected chi connectivity index (χ3v) is 4.80. The fourth-order valence-corrected chi connectivity index (χ4v) is 3.39. The van der Waals surface area contributed by atoms with Crippen molar-refractivity contribution in [3.63, 3.8) is 0 Å². The Morgan fingerprint density at radius 2 is 2.20 bits per heavy atom. The molecule has 5 nitrogen and oxygen atoms in total. The number of nitrogens with one attached hydrogen (secondary N) is 1. The second-order valence-electron chi connectivity index (χ2n) is 6.63. The molecule has 1 heterocycles. The van der Waals surface area contributed by atoms with E-state index in [1.807, 2.05) is 13.8 Å². The van der Waals surface area contributed by atoms with Gasteiger partial charge in [-0.1, -0.05) is 29.4 Å². The van der Waals surface area contributed by atoms with Crippen LogP contribution >= 0.6 is 0 Å². The highest BCUT2D eigenvalue weighted by Crippen LogP contribution is 2.32. The van der Waals surface area contributed by atoms with Crippen molar-refractivity contribution in [1.82, 2.24) is 10.5 Å². The first kappa shape index (κ1) is 17.7. The zero-order valence-corrected chi connectivity index (χ0v) is 15.0. The maximum Gasteiger partial charge on any atom is 0.224 e. The lowest BCUT2D eigenvalue weighted by Gasteiger charge is -2.25. The molecule has 25 heavy (non-hydrogen) atoms. The number of rotatable bonds is 7. The molecule has 1 amide bonds. The fraction of sp³-hybridized carbons (Fsp3) is 0.500. The molecule has 1 aromatic heterocycles. The Kier molecular flexibility index (Phi) is 5.87. The number of nitrogens with zero attached hydrogens (tertiary/aromatic N) is 1. The van der Waals surface area contributed by atoms with Crippen molar-refractivity contribution in [3.05, 3.63) is 52.4 Å². The molecule has 134 valence electrons. The second-order valence-corrected chi connectivity index (χ2v) is 6.63. The van der Waals surface area contributed by atoms with Crippen molar-refractivity contribution in [2.75, 3.05) is 13.2 Å². The Balaban J connectivity index is 1.38. The van der Waals surface area contributed by atoms with Crippen LogP contribution in [0.25, 0.3) is 0 Å². The summed E-state index contributed by atoms with van der Waals surface area (Å²) in [6.45, 7) is 4.97. The minimum absolute atomic E-state index is 0.00240. The molecule has 0 bridgehead atoms. The van der Waals surface area contributed by atoms with Crippen molar-refractivity contribution in [2.24, 2.45) is 0 Å². The predicted octanol–water partition coefficient (Wildman–Crippen LogP) is 3.43. The minimum Gasteiger partial charge on any atom is -0.373 e. The lowest BCUT2D eigenvalue weighted by molar-refractivity contribution is -0.120. The van der Waals surface area contributed by atoms with Crippen LogP contribution in [0.1, 0.15) is 53.5 Å². The van der Waals surface area contributed by atoms with Gasteiger partial charge in [0.2, 0.25) is 5.91 Å². The van der Waals surface area contributed by atoms with E-state index in [0.29, 0.717) is 25.3 Å². The van der Waals surface area contributed by atoms with Gasteiger partial charge in [0.05, 0.1) is 18.2 Å². The molecule has 0 radical (unpaired) electrons. The van der Waals surface area contributed by atoms with Gasteiger partial charge in [0, 0.05) is 18.7 Å². The number of aromatic nitrogens is 1. The topological polar surface area (TPSA) is 64.4 Å². The summed E-state index contributed by atoms with van der Waals surface area (Å²) in [5, 5.41) is 6.82. The van der Waals surface area contributed by atoms with Gasteiger partial charge in [-0.25, -0.2) is 0 Å². The first-order chi connectivity index (χ1) is 12.1. The maximum atomic E-state index is 12.0. The molecule has 1 aliphatic carbocycles. The summed E-state index contributed by atoms with van der Waals surface area (Å²) in [5.41, 5.74) is 4.40. The first-order valence-corrected chi connectivity index (χ1v) is 9.03. The molecule has 0 fully saturated rings. The van der Waals surface area contributed by atoms with Crippen LogP contribution in [0.3, 0.4) is 0 Å². The maximum absolute atomic E-state index is 12.0. The van der Waals surface area contributed by atoms with Gasteiger partial charge in [-0.3, -0.25) is 4.79 Å². The van der Waals surface area contributed by atoms with Crippen molar-refractivity contribution in [1.29, 1.82) is 0 Å². The Hall–Kier alpha value is -2.14. The molecule has 0 unspecified atom stereocenters. The number of benzene rings is 1. The van der Waals surface area contributed by atoms with E-state index in [1.165, 1.54) is 17.5 Å². The van der Waals surface area contributed by atoms with Crippen LogP contribution < -0.4 is 5.32 Å². The van der Waals surface area contributed by atoms with Crippen molar-refractivity contribution < 1.29 is 14.1 Å². The van der Waals surface area contributed by atoms with Gasteiger partial charge >= 0.3 is 0 Å². The van der Waals surface area contributed by atoms with Crippen LogP contribution in [0.4, 0.5) is 0 Å². The number of carbonyl (C=O) groups excluding carboxylic acids is 1. The van der Waals surface area contributed by atoms with Gasteiger partial charge < -0.3 is 14.6 Å². The molecule has 2 aromatic rings. The third kappa shape index (κ3) is 4.48. The quantitative estimate of drug-likeness (QED) is 0.783. The van der Waals surface area contributed by atoms with Crippen molar-refractivity contribution in [2.45, 2.75) is 52.1 Å². The molecular weight excluding hydrogens is 316 g/mol. The minimum atomic E-state index is -0.00240. The summed E-state index contributed by atoms with van der Waals surface area (Å²) < 4.78 is 11.1. The normalized spacial score (nSPS) is 16.5. The van der Waals surface area contributed by atoms with E-state index in [-0.39, 0.29) is 12.0 Å². The Morgan fingerprint density at radius 1 is 1.36 bits per heavy atom. The standard InChI is InChI=1S/C20H26N2O3/c1-14-18(15(2)25-22-14)13-20(23)21-11-6-12-24-19-10-5-8-16-7-3-4-9-17(16)19/h3-4,7,9,19H,5-6,8,10-13H2,1-2H3,(H,21,23)/t19-/m1/s1. The van der Waals surface area contributed by atoms with Crippen LogP contribution in [0.15, 0.2) is 28.8 Å². The van der Waals surface area contributed by atoms with E-state index in [1.54, 1.807) is 0 Å². The van der Waals surface area contributed by atoms with Gasteiger partial charge in [-0.15, -0.1) is 0 Å². The molecule has 5 heteroatoms. The summed E-state index contributed by atoms with van der Waals surface area (Å²) in [6, 6.07) is 8.54. The Labute approximate surface area is 148 Å². The van der Waals surface area contributed by atoms with Crippen molar-refractivity contribution in [3.8, 4) is 0 Å². The summed E-state index contributed by atoms with van der Waals surface area (Å²) in [4.78, 5) is 12.0. The number of hydrogen-bond donors (Lipinski definition) is 1. The molecule has 1 N–H and O–H groups in total.